The van der Waals surface area contributed by atoms with Crippen LogP contribution in [-0.4, -0.2) is 47.1 Å². The number of hydrogen-bond donors (Lipinski definition) is 1. The van der Waals surface area contributed by atoms with Crippen molar-refractivity contribution < 1.29 is 19.4 Å². The predicted octanol–water partition coefficient (Wildman–Crippen LogP) is 4.64. The van der Waals surface area contributed by atoms with Crippen molar-refractivity contribution in [3.8, 4) is 0 Å². The van der Waals surface area contributed by atoms with Crippen LogP contribution in [0, 0.1) is 5.92 Å². The Morgan fingerprint density at radius 2 is 1.88 bits per heavy atom. The van der Waals surface area contributed by atoms with Gasteiger partial charge in [0, 0.05) is 23.7 Å². The molecule has 3 aromatic rings. The lowest BCUT2D eigenvalue weighted by Gasteiger charge is -2.28. The van der Waals surface area contributed by atoms with Crippen molar-refractivity contribution in [2.45, 2.75) is 18.9 Å². The largest absolute Gasteiger partial charge is 0.466 e. The Morgan fingerprint density at radius 3 is 2.44 bits per heavy atom. The number of esters is 1. The molecule has 32 heavy (non-hydrogen) atoms. The second-order valence-corrected chi connectivity index (χ2v) is 8.80. The first kappa shape index (κ1) is 23.9. The molecule has 1 unspecified atom stereocenters. The fourth-order valence-electron chi connectivity index (χ4n) is 3.01. The standard InChI is InChI=1S/C18H20N2O4S.C6H5Cl/c1-24-17(23)9-8-16(22)20(10-12-6-7-12)14(11-21)18-19-13-4-2-3-5-15(13)25-18;7-6-4-2-1-3-5-6/h2-5,8-9,12,14,21H,6-7,10-11H2,1H3;1-5H/b9-8+;. The summed E-state index contributed by atoms with van der Waals surface area (Å²) in [6.07, 6.45) is 4.45. The van der Waals surface area contributed by atoms with Crippen molar-refractivity contribution in [2.75, 3.05) is 20.3 Å². The maximum absolute atomic E-state index is 12.6. The minimum Gasteiger partial charge on any atom is -0.466 e. The number of carbonyl (C=O) groups excluding carboxylic acids is 2. The first-order valence-corrected chi connectivity index (χ1v) is 11.4. The number of nitrogens with zero attached hydrogens (tertiary/aromatic N) is 2. The molecule has 2 aromatic carbocycles. The maximum Gasteiger partial charge on any atom is 0.330 e. The number of para-hydroxylation sites is 1. The Kier molecular flexibility index (Phi) is 8.79. The van der Waals surface area contributed by atoms with E-state index in [1.165, 1.54) is 24.5 Å². The number of aliphatic hydroxyl groups is 1. The number of hydrogen-bond acceptors (Lipinski definition) is 6. The minimum absolute atomic E-state index is 0.218. The summed E-state index contributed by atoms with van der Waals surface area (Å²) in [6, 6.07) is 16.6. The molecule has 1 aromatic heterocycles. The van der Waals surface area contributed by atoms with Crippen LogP contribution < -0.4 is 0 Å². The average molecular weight is 473 g/mol. The number of rotatable bonds is 7. The molecule has 1 aliphatic rings. The molecule has 1 atom stereocenters. The molecule has 0 aliphatic heterocycles. The highest BCUT2D eigenvalue weighted by Gasteiger charge is 2.32. The SMILES string of the molecule is COC(=O)/C=C/C(=O)N(CC1CC1)C(CO)c1nc2ccccc2s1.Clc1ccccc1. The zero-order valence-corrected chi connectivity index (χ0v) is 19.3. The Morgan fingerprint density at radius 1 is 1.19 bits per heavy atom. The number of ether oxygens (including phenoxy) is 1. The molecule has 168 valence electrons. The second-order valence-electron chi connectivity index (χ2n) is 7.30. The van der Waals surface area contributed by atoms with Gasteiger partial charge in [0.05, 0.1) is 23.9 Å². The molecule has 1 N–H and O–H groups in total. The number of methoxy groups -OCH3 is 1. The molecule has 0 bridgehead atoms. The molecule has 0 radical (unpaired) electrons. The first-order chi connectivity index (χ1) is 15.5. The van der Waals surface area contributed by atoms with Crippen molar-refractivity contribution >= 4 is 45.0 Å². The molecule has 1 saturated carbocycles. The summed E-state index contributed by atoms with van der Waals surface area (Å²) in [5.41, 5.74) is 0.852. The van der Waals surface area contributed by atoms with Crippen LogP contribution in [0.15, 0.2) is 66.7 Å². The molecule has 1 heterocycles. The van der Waals surface area contributed by atoms with E-state index in [-0.39, 0.29) is 12.5 Å². The molecule has 4 rings (SSSR count). The topological polar surface area (TPSA) is 79.7 Å². The highest BCUT2D eigenvalue weighted by atomic mass is 35.5. The Hall–Kier alpha value is -2.74. The van der Waals surface area contributed by atoms with Gasteiger partial charge in [0.25, 0.3) is 0 Å². The minimum atomic E-state index is -0.583. The summed E-state index contributed by atoms with van der Waals surface area (Å²) >= 11 is 7.01. The van der Waals surface area contributed by atoms with E-state index in [1.54, 1.807) is 4.90 Å². The highest BCUT2D eigenvalue weighted by molar-refractivity contribution is 7.18. The second kappa shape index (κ2) is 11.8. The van der Waals surface area contributed by atoms with Crippen LogP contribution >= 0.6 is 22.9 Å². The van der Waals surface area contributed by atoms with Gasteiger partial charge in [-0.05, 0) is 43.0 Å². The number of thiazole rings is 1. The van der Waals surface area contributed by atoms with Crippen molar-refractivity contribution in [1.82, 2.24) is 9.88 Å². The smallest absolute Gasteiger partial charge is 0.330 e. The highest BCUT2D eigenvalue weighted by Crippen LogP contribution is 2.35. The van der Waals surface area contributed by atoms with Gasteiger partial charge >= 0.3 is 5.97 Å². The summed E-state index contributed by atoms with van der Waals surface area (Å²) in [4.78, 5) is 30.1. The van der Waals surface area contributed by atoms with E-state index < -0.39 is 12.0 Å². The van der Waals surface area contributed by atoms with Gasteiger partial charge in [-0.3, -0.25) is 4.79 Å². The third kappa shape index (κ3) is 6.88. The lowest BCUT2D eigenvalue weighted by Crippen LogP contribution is -2.37. The van der Waals surface area contributed by atoms with Crippen LogP contribution in [0.4, 0.5) is 0 Å². The van der Waals surface area contributed by atoms with E-state index in [2.05, 4.69) is 9.72 Å². The van der Waals surface area contributed by atoms with E-state index in [0.29, 0.717) is 17.5 Å². The Bertz CT molecular complexity index is 1030. The third-order valence-corrected chi connectivity index (χ3v) is 6.27. The number of aromatic nitrogens is 1. The van der Waals surface area contributed by atoms with E-state index in [1.807, 2.05) is 54.6 Å². The molecule has 8 heteroatoms. The van der Waals surface area contributed by atoms with Crippen LogP contribution in [0.1, 0.15) is 23.9 Å². The summed E-state index contributed by atoms with van der Waals surface area (Å²) in [5.74, 6) is -0.463. The Labute approximate surface area is 196 Å². The van der Waals surface area contributed by atoms with Gasteiger partial charge in [0.2, 0.25) is 5.91 Å². The van der Waals surface area contributed by atoms with Gasteiger partial charge in [-0.2, -0.15) is 0 Å². The van der Waals surface area contributed by atoms with Crippen molar-refractivity contribution in [1.29, 1.82) is 0 Å². The van der Waals surface area contributed by atoms with Crippen LogP contribution in [0.3, 0.4) is 0 Å². The zero-order chi connectivity index (χ0) is 22.9. The number of aliphatic hydroxyl groups excluding tert-OH is 1. The van der Waals surface area contributed by atoms with Crippen molar-refractivity contribution in [3.63, 3.8) is 0 Å². The van der Waals surface area contributed by atoms with E-state index in [4.69, 9.17) is 11.6 Å². The fourth-order valence-corrected chi connectivity index (χ4v) is 4.23. The molecule has 0 spiro atoms. The van der Waals surface area contributed by atoms with Crippen LogP contribution in [0.25, 0.3) is 10.2 Å². The number of benzene rings is 2. The third-order valence-electron chi connectivity index (χ3n) is 4.88. The van der Waals surface area contributed by atoms with Gasteiger partial charge in [-0.1, -0.05) is 41.9 Å². The first-order valence-electron chi connectivity index (χ1n) is 10.2. The van der Waals surface area contributed by atoms with Gasteiger partial charge < -0.3 is 14.7 Å². The summed E-state index contributed by atoms with van der Waals surface area (Å²) in [7, 11) is 1.26. The summed E-state index contributed by atoms with van der Waals surface area (Å²) < 4.78 is 5.54. The molecular weight excluding hydrogens is 448 g/mol. The van der Waals surface area contributed by atoms with Gasteiger partial charge in [0.15, 0.2) is 0 Å². The normalized spacial score (nSPS) is 14.0. The van der Waals surface area contributed by atoms with Crippen LogP contribution in [0.2, 0.25) is 5.02 Å². The maximum atomic E-state index is 12.6. The molecule has 1 aliphatic carbocycles. The number of carbonyl (C=O) groups is 2. The Balaban J connectivity index is 0.000000352. The van der Waals surface area contributed by atoms with Gasteiger partial charge in [-0.15, -0.1) is 11.3 Å². The van der Waals surface area contributed by atoms with E-state index in [0.717, 1.165) is 34.2 Å². The average Bonchev–Trinajstić information content (AvgIpc) is 3.53. The fraction of sp³-hybridized carbons (Fsp3) is 0.292. The molecule has 1 amide bonds. The summed E-state index contributed by atoms with van der Waals surface area (Å²) in [6.45, 7) is 0.329. The van der Waals surface area contributed by atoms with Crippen LogP contribution in [-0.2, 0) is 14.3 Å². The molecule has 0 saturated heterocycles. The van der Waals surface area contributed by atoms with Crippen molar-refractivity contribution in [3.05, 3.63) is 76.8 Å². The lowest BCUT2D eigenvalue weighted by molar-refractivity contribution is -0.135. The number of fused-ring (bicyclic) bond motifs is 1. The van der Waals surface area contributed by atoms with Crippen molar-refractivity contribution in [2.24, 2.45) is 5.92 Å². The van der Waals surface area contributed by atoms with E-state index in [9.17, 15) is 14.7 Å². The number of halogens is 1. The quantitative estimate of drug-likeness (QED) is 0.400. The van der Waals surface area contributed by atoms with E-state index >= 15 is 0 Å². The molecular formula is C24H25ClN2O4S. The molecule has 1 fully saturated rings. The predicted molar refractivity (Wildman–Crippen MR) is 126 cm³/mol. The number of amides is 1. The van der Waals surface area contributed by atoms with Crippen LogP contribution in [0.5, 0.6) is 0 Å². The van der Waals surface area contributed by atoms with Gasteiger partial charge in [-0.25, -0.2) is 9.78 Å². The lowest BCUT2D eigenvalue weighted by atomic mass is 10.2. The summed E-state index contributed by atoms with van der Waals surface area (Å²) in [5, 5.41) is 11.4. The zero-order valence-electron chi connectivity index (χ0n) is 17.7. The molecule has 6 nitrogen and oxygen atoms in total. The monoisotopic (exact) mass is 472 g/mol. The van der Waals surface area contributed by atoms with Gasteiger partial charge in [0.1, 0.15) is 11.0 Å².